The van der Waals surface area contributed by atoms with Crippen molar-refractivity contribution in [3.8, 4) is 0 Å². The van der Waals surface area contributed by atoms with E-state index in [2.05, 4.69) is 0 Å². The topological polar surface area (TPSA) is 38.8 Å². The molecule has 1 aromatic carbocycles. The van der Waals surface area contributed by atoms with Gasteiger partial charge in [-0.05, 0) is 31.6 Å². The number of hydrogen-bond donors (Lipinski definition) is 0. The smallest absolute Gasteiger partial charge is 0.281 e. The van der Waals surface area contributed by atoms with Gasteiger partial charge in [0.1, 0.15) is 12.2 Å². The van der Waals surface area contributed by atoms with Gasteiger partial charge in [-0.15, -0.1) is 0 Å². The highest BCUT2D eigenvalue weighted by atomic mass is 16.7. The van der Waals surface area contributed by atoms with E-state index in [1.165, 1.54) is 5.06 Å². The summed E-state index contributed by atoms with van der Waals surface area (Å²) in [6.45, 7) is 3.81. The van der Waals surface area contributed by atoms with Crippen LogP contribution in [0.5, 0.6) is 0 Å². The van der Waals surface area contributed by atoms with Crippen molar-refractivity contribution >= 4 is 5.91 Å². The van der Waals surface area contributed by atoms with Crippen molar-refractivity contribution in [1.29, 1.82) is 0 Å². The second-order valence-electron chi connectivity index (χ2n) is 5.83. The van der Waals surface area contributed by atoms with Crippen molar-refractivity contribution in [2.75, 3.05) is 0 Å². The Labute approximate surface area is 130 Å². The molecule has 3 rings (SSSR count). The first-order valence-electron chi connectivity index (χ1n) is 7.29. The Morgan fingerprint density at radius 3 is 2.32 bits per heavy atom. The number of hydrogen-bond acceptors (Lipinski definition) is 3. The number of benzene rings is 1. The van der Waals surface area contributed by atoms with Crippen LogP contribution in [0.3, 0.4) is 0 Å². The summed E-state index contributed by atoms with van der Waals surface area (Å²) in [4.78, 5) is 18.4. The summed E-state index contributed by atoms with van der Waals surface area (Å²) in [6, 6.07) is 9.74. The van der Waals surface area contributed by atoms with Crippen LogP contribution in [0.1, 0.15) is 19.4 Å². The summed E-state index contributed by atoms with van der Waals surface area (Å²) in [5.41, 5.74) is -0.941. The number of ether oxygens (including phenoxy) is 1. The van der Waals surface area contributed by atoms with Gasteiger partial charge in [0.25, 0.3) is 5.91 Å². The molecule has 0 atom stereocenters. The van der Waals surface area contributed by atoms with E-state index in [0.717, 1.165) is 5.56 Å². The molecule has 114 valence electrons. The first-order chi connectivity index (χ1) is 10.5. The fraction of sp³-hybridized carbons (Fsp3) is 0.278. The minimum Gasteiger partial charge on any atom is -0.330 e. The lowest BCUT2D eigenvalue weighted by molar-refractivity contribution is -0.228. The van der Waals surface area contributed by atoms with Crippen LogP contribution in [0, 0.1) is 0 Å². The maximum atomic E-state index is 12.6. The molecule has 0 aromatic heterocycles. The van der Waals surface area contributed by atoms with E-state index in [9.17, 15) is 4.79 Å². The molecule has 1 heterocycles. The number of carbonyl (C=O) groups is 1. The Balaban J connectivity index is 1.87. The molecule has 0 N–H and O–H groups in total. The van der Waals surface area contributed by atoms with Crippen molar-refractivity contribution in [2.24, 2.45) is 0 Å². The molecular formula is C18H19NO3. The lowest BCUT2D eigenvalue weighted by Crippen LogP contribution is -2.43. The maximum Gasteiger partial charge on any atom is 0.281 e. The molecule has 1 amide bonds. The Morgan fingerprint density at radius 2 is 1.68 bits per heavy atom. The van der Waals surface area contributed by atoms with Gasteiger partial charge in [-0.1, -0.05) is 54.6 Å². The zero-order chi connectivity index (χ0) is 15.6. The van der Waals surface area contributed by atoms with Crippen LogP contribution in [0.4, 0.5) is 0 Å². The number of carbonyl (C=O) groups excluding carboxylic acids is 1. The highest BCUT2D eigenvalue weighted by Gasteiger charge is 2.55. The molecular weight excluding hydrogens is 278 g/mol. The zero-order valence-electron chi connectivity index (χ0n) is 12.7. The van der Waals surface area contributed by atoms with Gasteiger partial charge in [0.2, 0.25) is 5.72 Å². The van der Waals surface area contributed by atoms with E-state index in [1.54, 1.807) is 13.8 Å². The van der Waals surface area contributed by atoms with E-state index in [4.69, 9.17) is 9.57 Å². The third kappa shape index (κ3) is 2.63. The molecule has 4 heteroatoms. The van der Waals surface area contributed by atoms with Crippen LogP contribution in [0.15, 0.2) is 66.8 Å². The van der Waals surface area contributed by atoms with Crippen molar-refractivity contribution in [2.45, 2.75) is 31.8 Å². The van der Waals surface area contributed by atoms with Crippen molar-refractivity contribution in [3.05, 3.63) is 72.4 Å². The van der Waals surface area contributed by atoms with E-state index in [0.29, 0.717) is 6.61 Å². The van der Waals surface area contributed by atoms with Gasteiger partial charge in [-0.25, -0.2) is 0 Å². The monoisotopic (exact) mass is 297 g/mol. The third-order valence-corrected chi connectivity index (χ3v) is 3.64. The number of hydroxylamine groups is 2. The molecule has 1 spiro atoms. The Hall–Kier alpha value is -2.17. The van der Waals surface area contributed by atoms with Gasteiger partial charge in [0.15, 0.2) is 0 Å². The van der Waals surface area contributed by atoms with Crippen LogP contribution in [-0.2, 0) is 21.0 Å². The lowest BCUT2D eigenvalue weighted by Gasteiger charge is -2.30. The molecule has 1 fully saturated rings. The standard InChI is InChI=1S/C18H19NO3/c1-17(2)16(20)19(21-14-15-10-6-5-7-11-15)18(22-17)12-8-3-4-9-13-18/h3-13H,14H2,1-2H3. The predicted molar refractivity (Wildman–Crippen MR) is 83.4 cm³/mol. The van der Waals surface area contributed by atoms with E-state index in [-0.39, 0.29) is 5.91 Å². The van der Waals surface area contributed by atoms with Crippen molar-refractivity contribution in [3.63, 3.8) is 0 Å². The summed E-state index contributed by atoms with van der Waals surface area (Å²) in [5, 5.41) is 1.33. The minimum atomic E-state index is -1.00. The van der Waals surface area contributed by atoms with E-state index in [1.807, 2.05) is 66.8 Å². The molecule has 1 aliphatic heterocycles. The van der Waals surface area contributed by atoms with Gasteiger partial charge < -0.3 is 4.74 Å². The van der Waals surface area contributed by atoms with Gasteiger partial charge in [0.05, 0.1) is 0 Å². The van der Waals surface area contributed by atoms with Gasteiger partial charge in [-0.2, -0.15) is 5.06 Å². The average molecular weight is 297 g/mol. The molecule has 1 aromatic rings. The Morgan fingerprint density at radius 1 is 1.05 bits per heavy atom. The number of rotatable bonds is 3. The second-order valence-corrected chi connectivity index (χ2v) is 5.83. The normalized spacial score (nSPS) is 21.5. The predicted octanol–water partition coefficient (Wildman–Crippen LogP) is 3.13. The van der Waals surface area contributed by atoms with Crippen LogP contribution in [0.2, 0.25) is 0 Å². The van der Waals surface area contributed by atoms with Crippen molar-refractivity contribution in [1.82, 2.24) is 5.06 Å². The molecule has 0 saturated carbocycles. The minimum absolute atomic E-state index is 0.195. The van der Waals surface area contributed by atoms with E-state index < -0.39 is 11.3 Å². The fourth-order valence-electron chi connectivity index (χ4n) is 2.54. The molecule has 2 aliphatic rings. The molecule has 4 nitrogen and oxygen atoms in total. The average Bonchev–Trinajstić information content (AvgIpc) is 2.66. The van der Waals surface area contributed by atoms with Gasteiger partial charge >= 0.3 is 0 Å². The summed E-state index contributed by atoms with van der Waals surface area (Å²) in [6.07, 6.45) is 11.1. The number of nitrogens with zero attached hydrogens (tertiary/aromatic N) is 1. The van der Waals surface area contributed by atoms with Gasteiger partial charge in [0, 0.05) is 0 Å². The van der Waals surface area contributed by atoms with Crippen molar-refractivity contribution < 1.29 is 14.4 Å². The van der Waals surface area contributed by atoms with Crippen LogP contribution in [0.25, 0.3) is 0 Å². The third-order valence-electron chi connectivity index (χ3n) is 3.64. The fourth-order valence-corrected chi connectivity index (χ4v) is 2.54. The van der Waals surface area contributed by atoms with Crippen LogP contribution in [-0.4, -0.2) is 22.3 Å². The second kappa shape index (κ2) is 5.55. The zero-order valence-corrected chi connectivity index (χ0v) is 12.7. The summed E-state index contributed by atoms with van der Waals surface area (Å²) in [7, 11) is 0. The molecule has 22 heavy (non-hydrogen) atoms. The summed E-state index contributed by atoms with van der Waals surface area (Å²) >= 11 is 0. The lowest BCUT2D eigenvalue weighted by atomic mass is 10.1. The Kier molecular flexibility index (Phi) is 3.72. The largest absolute Gasteiger partial charge is 0.330 e. The highest BCUT2D eigenvalue weighted by molar-refractivity contribution is 5.86. The number of allylic oxidation sites excluding steroid dienone is 4. The molecule has 1 aliphatic carbocycles. The molecule has 0 unspecified atom stereocenters. The summed E-state index contributed by atoms with van der Waals surface area (Å²) in [5.74, 6) is -0.195. The summed E-state index contributed by atoms with van der Waals surface area (Å²) < 4.78 is 6.01. The quantitative estimate of drug-likeness (QED) is 0.860. The highest BCUT2D eigenvalue weighted by Crippen LogP contribution is 2.38. The first-order valence-corrected chi connectivity index (χ1v) is 7.29. The van der Waals surface area contributed by atoms with Crippen LogP contribution >= 0.6 is 0 Å². The van der Waals surface area contributed by atoms with E-state index >= 15 is 0 Å². The number of amides is 1. The van der Waals surface area contributed by atoms with Crippen LogP contribution < -0.4 is 0 Å². The molecule has 1 saturated heterocycles. The maximum absolute atomic E-state index is 12.6. The first kappa shape index (κ1) is 14.8. The molecule has 0 radical (unpaired) electrons. The Bertz CT molecular complexity index is 628. The molecule has 0 bridgehead atoms. The SMILES string of the molecule is CC1(C)OC2(C=CC=CC=C2)N(OCc2ccccc2)C1=O. The van der Waals surface area contributed by atoms with Gasteiger partial charge in [-0.3, -0.25) is 9.63 Å².